The maximum Gasteiger partial charge on any atom is 0.279 e. The van der Waals surface area contributed by atoms with Crippen LogP contribution in [0.4, 0.5) is 0 Å². The molecule has 0 radical (unpaired) electrons. The number of fused-ring (bicyclic) bond motifs is 1. The number of carbonyl (C=O) groups excluding carboxylic acids is 1. The summed E-state index contributed by atoms with van der Waals surface area (Å²) < 4.78 is 37.5. The summed E-state index contributed by atoms with van der Waals surface area (Å²) in [5, 5.41) is 0. The van der Waals surface area contributed by atoms with E-state index in [1.165, 1.54) is 35.6 Å². The molecule has 0 spiro atoms. The number of carbonyl (C=O) groups is 1. The number of benzene rings is 2. The van der Waals surface area contributed by atoms with Gasteiger partial charge in [0.1, 0.15) is 21.7 Å². The molecule has 3 aromatic rings. The Labute approximate surface area is 178 Å². The molecule has 9 heteroatoms. The average molecular weight is 447 g/mol. The van der Waals surface area contributed by atoms with E-state index in [9.17, 15) is 13.2 Å². The van der Waals surface area contributed by atoms with Gasteiger partial charge < -0.3 is 14.0 Å². The van der Waals surface area contributed by atoms with Gasteiger partial charge in [-0.05, 0) is 36.4 Å². The zero-order valence-corrected chi connectivity index (χ0v) is 18.5. The topological polar surface area (TPSA) is 87.0 Å². The highest BCUT2D eigenvalue weighted by Crippen LogP contribution is 2.35. The molecule has 1 amide bonds. The highest BCUT2D eigenvalue weighted by molar-refractivity contribution is 7.91. The number of nitrogens with zero attached hydrogens (tertiary/aromatic N) is 2. The van der Waals surface area contributed by atoms with Crippen molar-refractivity contribution in [2.75, 3.05) is 20.0 Å². The molecule has 0 atom stereocenters. The number of thiazole rings is 1. The fourth-order valence-corrected chi connectivity index (χ4v) is 4.99. The summed E-state index contributed by atoms with van der Waals surface area (Å²) >= 11 is 1.31. The maximum atomic E-state index is 12.8. The first-order valence-electron chi connectivity index (χ1n) is 9.13. The molecule has 1 heterocycles. The minimum absolute atomic E-state index is 0.00231. The van der Waals surface area contributed by atoms with Gasteiger partial charge in [-0.2, -0.15) is 4.99 Å². The Morgan fingerprint density at radius 3 is 2.33 bits per heavy atom. The minimum atomic E-state index is -3.33. The van der Waals surface area contributed by atoms with Gasteiger partial charge in [0.25, 0.3) is 5.91 Å². The summed E-state index contributed by atoms with van der Waals surface area (Å²) in [5.41, 5.74) is 1.06. The molecule has 7 nitrogen and oxygen atoms in total. The monoisotopic (exact) mass is 446 g/mol. The molecule has 0 saturated carbocycles. The van der Waals surface area contributed by atoms with E-state index in [-0.39, 0.29) is 10.6 Å². The zero-order valence-electron chi connectivity index (χ0n) is 16.9. The lowest BCUT2D eigenvalue weighted by atomic mass is 10.2. The van der Waals surface area contributed by atoms with Crippen molar-refractivity contribution in [3.8, 4) is 11.5 Å². The van der Waals surface area contributed by atoms with Gasteiger partial charge in [0, 0.05) is 12.1 Å². The molecule has 0 aliphatic heterocycles. The fraction of sp³-hybridized carbons (Fsp3) is 0.238. The molecular weight excluding hydrogens is 424 g/mol. The van der Waals surface area contributed by atoms with Crippen molar-refractivity contribution >= 4 is 37.3 Å². The SMILES string of the molecule is C=CCn1c(=NC(=O)c2ccc(S(=O)(=O)CC)cc2)sc2c(OC)ccc(OC)c21. The Morgan fingerprint density at radius 2 is 1.77 bits per heavy atom. The predicted octanol–water partition coefficient (Wildman–Crippen LogP) is 3.44. The van der Waals surface area contributed by atoms with E-state index in [0.29, 0.717) is 28.4 Å². The standard InChI is InChI=1S/C21H22N2O5S2/c1-5-13-23-18-16(27-3)11-12-17(28-4)19(18)29-21(23)22-20(24)14-7-9-15(10-8-14)30(25,26)6-2/h5,7-12H,1,6,13H2,2-4H3. The number of hydrogen-bond donors (Lipinski definition) is 0. The number of ether oxygens (including phenoxy) is 2. The Kier molecular flexibility index (Phi) is 6.42. The molecule has 158 valence electrons. The minimum Gasteiger partial charge on any atom is -0.495 e. The predicted molar refractivity (Wildman–Crippen MR) is 117 cm³/mol. The molecule has 30 heavy (non-hydrogen) atoms. The molecule has 0 bridgehead atoms. The third-order valence-corrected chi connectivity index (χ3v) is 7.39. The van der Waals surface area contributed by atoms with Crippen molar-refractivity contribution in [1.82, 2.24) is 4.57 Å². The van der Waals surface area contributed by atoms with Gasteiger partial charge in [-0.25, -0.2) is 8.42 Å². The largest absolute Gasteiger partial charge is 0.495 e. The average Bonchev–Trinajstić information content (AvgIpc) is 3.11. The lowest BCUT2D eigenvalue weighted by Crippen LogP contribution is -2.16. The third kappa shape index (κ3) is 4.03. The van der Waals surface area contributed by atoms with Crippen LogP contribution in [0.15, 0.2) is 58.9 Å². The number of methoxy groups -OCH3 is 2. The van der Waals surface area contributed by atoms with Gasteiger partial charge in [-0.1, -0.05) is 24.3 Å². The number of hydrogen-bond acceptors (Lipinski definition) is 6. The van der Waals surface area contributed by atoms with Crippen LogP contribution < -0.4 is 14.3 Å². The summed E-state index contributed by atoms with van der Waals surface area (Å²) in [6, 6.07) is 9.40. The third-order valence-electron chi connectivity index (χ3n) is 4.54. The number of rotatable bonds is 7. The van der Waals surface area contributed by atoms with Crippen molar-refractivity contribution in [2.24, 2.45) is 4.99 Å². The van der Waals surface area contributed by atoms with E-state index in [1.54, 1.807) is 39.4 Å². The fourth-order valence-electron chi connectivity index (χ4n) is 2.96. The lowest BCUT2D eigenvalue weighted by molar-refractivity contribution is 0.0997. The van der Waals surface area contributed by atoms with E-state index < -0.39 is 15.7 Å². The first-order valence-corrected chi connectivity index (χ1v) is 11.6. The van der Waals surface area contributed by atoms with Gasteiger partial charge in [0.15, 0.2) is 14.6 Å². The second-order valence-electron chi connectivity index (χ2n) is 6.28. The van der Waals surface area contributed by atoms with Crippen molar-refractivity contribution in [3.63, 3.8) is 0 Å². The summed E-state index contributed by atoms with van der Waals surface area (Å²) in [6.07, 6.45) is 1.71. The van der Waals surface area contributed by atoms with Crippen molar-refractivity contribution in [2.45, 2.75) is 18.4 Å². The quantitative estimate of drug-likeness (QED) is 0.519. The molecule has 1 aromatic heterocycles. The summed E-state index contributed by atoms with van der Waals surface area (Å²) in [7, 11) is -0.179. The van der Waals surface area contributed by atoms with E-state index in [2.05, 4.69) is 11.6 Å². The van der Waals surface area contributed by atoms with Crippen LogP contribution in [0.1, 0.15) is 17.3 Å². The van der Waals surface area contributed by atoms with Gasteiger partial charge in [-0.3, -0.25) is 4.79 Å². The van der Waals surface area contributed by atoms with E-state index in [1.807, 2.05) is 4.57 Å². The van der Waals surface area contributed by atoms with Gasteiger partial charge in [-0.15, -0.1) is 6.58 Å². The van der Waals surface area contributed by atoms with E-state index >= 15 is 0 Å². The molecule has 0 aliphatic carbocycles. The second-order valence-corrected chi connectivity index (χ2v) is 9.53. The van der Waals surface area contributed by atoms with Crippen LogP contribution in [0.5, 0.6) is 11.5 Å². The smallest absolute Gasteiger partial charge is 0.279 e. The number of sulfone groups is 1. The zero-order chi connectivity index (χ0) is 21.9. The second kappa shape index (κ2) is 8.85. The van der Waals surface area contributed by atoms with Crippen LogP contribution in [0.25, 0.3) is 10.2 Å². The number of aromatic nitrogens is 1. The molecule has 0 aliphatic rings. The van der Waals surface area contributed by atoms with Crippen molar-refractivity contribution in [3.05, 3.63) is 59.4 Å². The van der Waals surface area contributed by atoms with Gasteiger partial charge in [0.05, 0.1) is 24.9 Å². The summed E-state index contributed by atoms with van der Waals surface area (Å²) in [5.74, 6) is 0.804. The van der Waals surface area contributed by atoms with Crippen LogP contribution >= 0.6 is 11.3 Å². The van der Waals surface area contributed by atoms with Crippen molar-refractivity contribution in [1.29, 1.82) is 0 Å². The van der Waals surface area contributed by atoms with Crippen LogP contribution in [-0.4, -0.2) is 38.9 Å². The molecule has 0 saturated heterocycles. The first-order chi connectivity index (χ1) is 14.4. The number of amides is 1. The summed E-state index contributed by atoms with van der Waals surface area (Å²) in [4.78, 5) is 17.7. The maximum absolute atomic E-state index is 12.8. The van der Waals surface area contributed by atoms with Crippen LogP contribution in [0.3, 0.4) is 0 Å². The molecule has 0 fully saturated rings. The lowest BCUT2D eigenvalue weighted by Gasteiger charge is -2.08. The Hall–Kier alpha value is -2.91. The van der Waals surface area contributed by atoms with E-state index in [0.717, 1.165) is 10.2 Å². The molecule has 2 aromatic carbocycles. The van der Waals surface area contributed by atoms with Crippen LogP contribution in [0.2, 0.25) is 0 Å². The summed E-state index contributed by atoms with van der Waals surface area (Å²) in [6.45, 7) is 5.78. The number of allylic oxidation sites excluding steroid dienone is 1. The molecule has 3 rings (SSSR count). The highest BCUT2D eigenvalue weighted by Gasteiger charge is 2.17. The Morgan fingerprint density at radius 1 is 1.13 bits per heavy atom. The Balaban J connectivity index is 2.14. The highest BCUT2D eigenvalue weighted by atomic mass is 32.2. The normalized spacial score (nSPS) is 12.2. The molecule has 0 N–H and O–H groups in total. The molecule has 0 unspecified atom stereocenters. The van der Waals surface area contributed by atoms with E-state index in [4.69, 9.17) is 9.47 Å². The molecular formula is C21H22N2O5S2. The van der Waals surface area contributed by atoms with Gasteiger partial charge in [0.2, 0.25) is 0 Å². The first kappa shape index (κ1) is 21.8. The van der Waals surface area contributed by atoms with Crippen LogP contribution in [0, 0.1) is 0 Å². The van der Waals surface area contributed by atoms with Gasteiger partial charge >= 0.3 is 0 Å². The van der Waals surface area contributed by atoms with Crippen LogP contribution in [-0.2, 0) is 16.4 Å². The Bertz CT molecular complexity index is 1270. The van der Waals surface area contributed by atoms with Crippen molar-refractivity contribution < 1.29 is 22.7 Å².